The monoisotopic (exact) mass is 380 g/mol. The first-order valence-corrected chi connectivity index (χ1v) is 7.83. The summed E-state index contributed by atoms with van der Waals surface area (Å²) in [7, 11) is 1.66. The van der Waals surface area contributed by atoms with E-state index in [4.69, 9.17) is 11.6 Å². The van der Waals surface area contributed by atoms with E-state index in [2.05, 4.69) is 5.32 Å². The summed E-state index contributed by atoms with van der Waals surface area (Å²) >= 11 is 5.88. The number of hydrogen-bond donors (Lipinski definition) is 1. The zero-order valence-corrected chi connectivity index (χ0v) is 14.2. The molecule has 0 unspecified atom stereocenters. The molecule has 1 heterocycles. The van der Waals surface area contributed by atoms with Gasteiger partial charge in [-0.1, -0.05) is 23.7 Å². The van der Waals surface area contributed by atoms with Crippen molar-refractivity contribution >= 4 is 34.1 Å². The summed E-state index contributed by atoms with van der Waals surface area (Å²) in [4.78, 5) is 25.0. The van der Waals surface area contributed by atoms with E-state index in [0.717, 1.165) is 18.2 Å². The average Bonchev–Trinajstić information content (AvgIpc) is 2.59. The molecular weight excluding hydrogens is 369 g/mol. The SMILES string of the molecule is Cn1cc(C(=O)Nc2cc(C(F)(F)F)ccc2Cl)c(=O)c2ccccc21. The first kappa shape index (κ1) is 18.0. The average molecular weight is 381 g/mol. The fourth-order valence-electron chi connectivity index (χ4n) is 2.59. The number of nitrogens with zero attached hydrogens (tertiary/aromatic N) is 1. The van der Waals surface area contributed by atoms with Crippen LogP contribution in [0.5, 0.6) is 0 Å². The van der Waals surface area contributed by atoms with Crippen LogP contribution in [0.25, 0.3) is 10.9 Å². The summed E-state index contributed by atoms with van der Waals surface area (Å²) < 4.78 is 40.1. The molecule has 1 aromatic heterocycles. The van der Waals surface area contributed by atoms with Gasteiger partial charge >= 0.3 is 6.18 Å². The lowest BCUT2D eigenvalue weighted by Crippen LogP contribution is -2.23. The molecule has 134 valence electrons. The molecule has 0 atom stereocenters. The molecular formula is C18H12ClF3N2O2. The molecule has 0 radical (unpaired) electrons. The van der Waals surface area contributed by atoms with Crippen molar-refractivity contribution in [1.29, 1.82) is 0 Å². The Labute approximate surface area is 150 Å². The van der Waals surface area contributed by atoms with Crippen molar-refractivity contribution in [3.8, 4) is 0 Å². The van der Waals surface area contributed by atoms with Crippen molar-refractivity contribution in [3.63, 3.8) is 0 Å². The van der Waals surface area contributed by atoms with E-state index >= 15 is 0 Å². The maximum Gasteiger partial charge on any atom is 0.416 e. The number of aryl methyl sites for hydroxylation is 1. The van der Waals surface area contributed by atoms with Gasteiger partial charge in [-0.05, 0) is 30.3 Å². The number of anilines is 1. The minimum Gasteiger partial charge on any atom is -0.350 e. The van der Waals surface area contributed by atoms with Crippen LogP contribution in [0.2, 0.25) is 5.02 Å². The van der Waals surface area contributed by atoms with Gasteiger partial charge in [-0.3, -0.25) is 9.59 Å². The number of carbonyl (C=O) groups is 1. The number of rotatable bonds is 2. The van der Waals surface area contributed by atoms with Crippen molar-refractivity contribution in [2.45, 2.75) is 6.18 Å². The molecule has 1 amide bonds. The maximum absolute atomic E-state index is 12.8. The molecule has 3 rings (SSSR count). The van der Waals surface area contributed by atoms with Crippen LogP contribution >= 0.6 is 11.6 Å². The van der Waals surface area contributed by atoms with E-state index in [0.29, 0.717) is 10.9 Å². The number of benzene rings is 2. The Balaban J connectivity index is 2.03. The fraction of sp³-hybridized carbons (Fsp3) is 0.111. The third-order valence-electron chi connectivity index (χ3n) is 3.88. The van der Waals surface area contributed by atoms with Crippen molar-refractivity contribution in [3.05, 3.63) is 75.0 Å². The normalized spacial score (nSPS) is 11.6. The molecule has 0 saturated heterocycles. The summed E-state index contributed by atoms with van der Waals surface area (Å²) in [6.45, 7) is 0. The highest BCUT2D eigenvalue weighted by molar-refractivity contribution is 6.34. The molecule has 26 heavy (non-hydrogen) atoms. The van der Waals surface area contributed by atoms with Gasteiger partial charge in [-0.15, -0.1) is 0 Å². The second-order valence-electron chi connectivity index (χ2n) is 5.65. The van der Waals surface area contributed by atoms with Crippen LogP contribution in [0.4, 0.5) is 18.9 Å². The lowest BCUT2D eigenvalue weighted by atomic mass is 10.1. The summed E-state index contributed by atoms with van der Waals surface area (Å²) in [6.07, 6.45) is -3.25. The summed E-state index contributed by atoms with van der Waals surface area (Å²) in [5.41, 5.74) is -1.25. The molecule has 2 aromatic carbocycles. The van der Waals surface area contributed by atoms with Crippen LogP contribution in [-0.2, 0) is 13.2 Å². The van der Waals surface area contributed by atoms with Gasteiger partial charge in [0.25, 0.3) is 5.91 Å². The number of carbonyl (C=O) groups excluding carboxylic acids is 1. The zero-order valence-electron chi connectivity index (χ0n) is 13.4. The molecule has 0 aliphatic rings. The third kappa shape index (κ3) is 3.30. The predicted molar refractivity (Wildman–Crippen MR) is 93.6 cm³/mol. The van der Waals surface area contributed by atoms with Gasteiger partial charge in [0.2, 0.25) is 5.43 Å². The Morgan fingerprint density at radius 3 is 2.54 bits per heavy atom. The first-order chi connectivity index (χ1) is 12.2. The molecule has 0 aliphatic heterocycles. The van der Waals surface area contributed by atoms with Gasteiger partial charge in [0.15, 0.2) is 0 Å². The molecule has 0 saturated carbocycles. The predicted octanol–water partition coefficient (Wildman–Crippen LogP) is 4.46. The topological polar surface area (TPSA) is 51.1 Å². The van der Waals surface area contributed by atoms with E-state index in [-0.39, 0.29) is 16.3 Å². The number of amides is 1. The summed E-state index contributed by atoms with van der Waals surface area (Å²) in [6, 6.07) is 9.30. The van der Waals surface area contributed by atoms with Crippen LogP contribution in [0.3, 0.4) is 0 Å². The van der Waals surface area contributed by atoms with Crippen LogP contribution in [0, 0.1) is 0 Å². The van der Waals surface area contributed by atoms with Crippen LogP contribution in [0.15, 0.2) is 53.5 Å². The molecule has 0 fully saturated rings. The second kappa shape index (κ2) is 6.49. The van der Waals surface area contributed by atoms with Gasteiger partial charge in [0, 0.05) is 18.6 Å². The van der Waals surface area contributed by atoms with Crippen LogP contribution in [0.1, 0.15) is 15.9 Å². The van der Waals surface area contributed by atoms with Crippen molar-refractivity contribution in [1.82, 2.24) is 4.57 Å². The highest BCUT2D eigenvalue weighted by Crippen LogP contribution is 2.33. The number of fused-ring (bicyclic) bond motifs is 1. The number of hydrogen-bond acceptors (Lipinski definition) is 2. The van der Waals surface area contributed by atoms with E-state index in [1.807, 2.05) is 0 Å². The van der Waals surface area contributed by atoms with E-state index in [9.17, 15) is 22.8 Å². The molecule has 3 aromatic rings. The Kier molecular flexibility index (Phi) is 4.50. The summed E-state index contributed by atoms with van der Waals surface area (Å²) in [5, 5.41) is 2.55. The number of nitrogens with one attached hydrogen (secondary N) is 1. The highest BCUT2D eigenvalue weighted by atomic mass is 35.5. The van der Waals surface area contributed by atoms with E-state index in [1.165, 1.54) is 6.20 Å². The second-order valence-corrected chi connectivity index (χ2v) is 6.05. The number of alkyl halides is 3. The maximum atomic E-state index is 12.8. The fourth-order valence-corrected chi connectivity index (χ4v) is 2.75. The number of halogens is 4. The van der Waals surface area contributed by atoms with Gasteiger partial charge in [-0.25, -0.2) is 0 Å². The Morgan fingerprint density at radius 1 is 1.15 bits per heavy atom. The van der Waals surface area contributed by atoms with Crippen molar-refractivity contribution in [2.75, 3.05) is 5.32 Å². The molecule has 4 nitrogen and oxygen atoms in total. The lowest BCUT2D eigenvalue weighted by molar-refractivity contribution is -0.137. The number of aromatic nitrogens is 1. The Hall–Kier alpha value is -2.80. The number of para-hydroxylation sites is 1. The van der Waals surface area contributed by atoms with Crippen LogP contribution in [-0.4, -0.2) is 10.5 Å². The lowest BCUT2D eigenvalue weighted by Gasteiger charge is -2.12. The minimum absolute atomic E-state index is 0.0658. The third-order valence-corrected chi connectivity index (χ3v) is 4.21. The van der Waals surface area contributed by atoms with Crippen LogP contribution < -0.4 is 10.7 Å². The van der Waals surface area contributed by atoms with Gasteiger partial charge in [-0.2, -0.15) is 13.2 Å². The molecule has 1 N–H and O–H groups in total. The van der Waals surface area contributed by atoms with E-state index in [1.54, 1.807) is 35.9 Å². The molecule has 8 heteroatoms. The van der Waals surface area contributed by atoms with E-state index < -0.39 is 23.1 Å². The zero-order chi connectivity index (χ0) is 19.1. The molecule has 0 spiro atoms. The summed E-state index contributed by atoms with van der Waals surface area (Å²) in [5.74, 6) is -0.836. The standard InChI is InChI=1S/C18H12ClF3N2O2/c1-24-9-12(16(25)11-4-2-3-5-15(11)24)17(26)23-14-8-10(18(20,21)22)6-7-13(14)19/h2-9H,1H3,(H,23,26). The Bertz CT molecular complexity index is 1070. The molecule has 0 bridgehead atoms. The van der Waals surface area contributed by atoms with Gasteiger partial charge < -0.3 is 9.88 Å². The Morgan fingerprint density at radius 2 is 1.85 bits per heavy atom. The smallest absolute Gasteiger partial charge is 0.350 e. The highest BCUT2D eigenvalue weighted by Gasteiger charge is 2.31. The molecule has 0 aliphatic carbocycles. The van der Waals surface area contributed by atoms with Crippen molar-refractivity contribution in [2.24, 2.45) is 7.05 Å². The van der Waals surface area contributed by atoms with Gasteiger partial charge in [0.1, 0.15) is 5.56 Å². The largest absolute Gasteiger partial charge is 0.416 e. The first-order valence-electron chi connectivity index (χ1n) is 7.45. The van der Waals surface area contributed by atoms with Gasteiger partial charge in [0.05, 0.1) is 21.8 Å². The quantitative estimate of drug-likeness (QED) is 0.713. The number of pyridine rings is 1. The minimum atomic E-state index is -4.58. The van der Waals surface area contributed by atoms with Crippen molar-refractivity contribution < 1.29 is 18.0 Å².